The number of nitrogens with one attached hydrogen (secondary N) is 2. The van der Waals surface area contributed by atoms with Crippen molar-refractivity contribution in [1.29, 1.82) is 0 Å². The van der Waals surface area contributed by atoms with Crippen molar-refractivity contribution < 1.29 is 33.3 Å². The largest absolute Gasteiger partial charge is 0.493 e. The summed E-state index contributed by atoms with van der Waals surface area (Å²) in [7, 11) is 4.41. The Bertz CT molecular complexity index is 1600. The maximum atomic E-state index is 12.8. The molecule has 0 atom stereocenters. The van der Waals surface area contributed by atoms with Gasteiger partial charge < -0.3 is 24.3 Å². The van der Waals surface area contributed by atoms with Gasteiger partial charge in [-0.05, 0) is 72.8 Å². The topological polar surface area (TPSA) is 125 Å². The highest BCUT2D eigenvalue weighted by Crippen LogP contribution is 2.38. The van der Waals surface area contributed by atoms with Crippen molar-refractivity contribution >= 4 is 45.6 Å². The number of carbonyl (C=O) groups is 3. The summed E-state index contributed by atoms with van der Waals surface area (Å²) in [5.41, 5.74) is 4.41. The minimum atomic E-state index is -0.523. The second-order valence-electron chi connectivity index (χ2n) is 8.58. The molecule has 4 aromatic carbocycles. The maximum absolute atomic E-state index is 12.8. The predicted octanol–water partition coefficient (Wildman–Crippen LogP) is 5.71. The van der Waals surface area contributed by atoms with Crippen molar-refractivity contribution in [3.63, 3.8) is 0 Å². The first-order valence-corrected chi connectivity index (χ1v) is 13.2. The molecule has 2 amide bonds. The standard InChI is InChI=1S/C31H26BrN3O7/c1-39-26-16-22(17-27(40-2)28(26)41-3)29(36)34-24-14-10-19(11-15-24)30(37)35-33-18-21-6-4-5-7-25(21)42-31(38)20-8-12-23(32)13-9-20/h4-18H,1-3H3,(H,34,36)(H,35,37)/b33-18-. The lowest BCUT2D eigenvalue weighted by atomic mass is 10.1. The number of esters is 1. The molecule has 11 heteroatoms. The van der Waals surface area contributed by atoms with Crippen LogP contribution in [-0.2, 0) is 0 Å². The minimum Gasteiger partial charge on any atom is -0.493 e. The second kappa shape index (κ2) is 14.0. The quantitative estimate of drug-likeness (QED) is 0.0994. The van der Waals surface area contributed by atoms with Crippen LogP contribution in [-0.4, -0.2) is 45.3 Å². The summed E-state index contributed by atoms with van der Waals surface area (Å²) in [4.78, 5) is 38.0. The van der Waals surface area contributed by atoms with Gasteiger partial charge >= 0.3 is 5.97 Å². The lowest BCUT2D eigenvalue weighted by Crippen LogP contribution is -2.18. The average molecular weight is 632 g/mol. The van der Waals surface area contributed by atoms with Crippen LogP contribution in [0, 0.1) is 0 Å². The number of rotatable bonds is 10. The number of halogens is 1. The molecule has 4 rings (SSSR count). The minimum absolute atomic E-state index is 0.288. The number of hydrogen-bond acceptors (Lipinski definition) is 8. The Morgan fingerprint density at radius 2 is 1.33 bits per heavy atom. The molecule has 0 spiro atoms. The van der Waals surface area contributed by atoms with E-state index in [0.717, 1.165) is 4.47 Å². The zero-order chi connectivity index (χ0) is 30.1. The van der Waals surface area contributed by atoms with Gasteiger partial charge in [-0.2, -0.15) is 5.10 Å². The van der Waals surface area contributed by atoms with Crippen LogP contribution in [0.1, 0.15) is 36.6 Å². The molecular formula is C31H26BrN3O7. The summed E-state index contributed by atoms with van der Waals surface area (Å²) in [6, 6.07) is 22.9. The Labute approximate surface area is 250 Å². The number of carbonyl (C=O) groups excluding carboxylic acids is 3. The SMILES string of the molecule is COc1cc(C(=O)Nc2ccc(C(=O)N/N=C\c3ccccc3OC(=O)c3ccc(Br)cc3)cc2)cc(OC)c1OC. The summed E-state index contributed by atoms with van der Waals surface area (Å²) in [5.74, 6) is -0.0474. The smallest absolute Gasteiger partial charge is 0.343 e. The van der Waals surface area contributed by atoms with Crippen LogP contribution in [0.15, 0.2) is 94.5 Å². The highest BCUT2D eigenvalue weighted by molar-refractivity contribution is 9.10. The highest BCUT2D eigenvalue weighted by atomic mass is 79.9. The van der Waals surface area contributed by atoms with Crippen molar-refractivity contribution in [1.82, 2.24) is 5.43 Å². The van der Waals surface area contributed by atoms with E-state index in [2.05, 4.69) is 31.8 Å². The first-order chi connectivity index (χ1) is 20.3. The van der Waals surface area contributed by atoms with Crippen molar-refractivity contribution in [3.05, 3.63) is 112 Å². The fourth-order valence-corrected chi connectivity index (χ4v) is 4.03. The fourth-order valence-electron chi connectivity index (χ4n) is 3.77. The van der Waals surface area contributed by atoms with Crippen LogP contribution in [0.3, 0.4) is 0 Å². The molecule has 0 fully saturated rings. The van der Waals surface area contributed by atoms with Crippen LogP contribution in [0.2, 0.25) is 0 Å². The van der Waals surface area contributed by atoms with E-state index < -0.39 is 17.8 Å². The summed E-state index contributed by atoms with van der Waals surface area (Å²) in [5, 5.41) is 6.77. The Balaban J connectivity index is 1.37. The van der Waals surface area contributed by atoms with Crippen molar-refractivity contribution in [2.75, 3.05) is 26.6 Å². The van der Waals surface area contributed by atoms with Gasteiger partial charge in [0.05, 0.1) is 33.1 Å². The molecule has 0 saturated carbocycles. The van der Waals surface area contributed by atoms with E-state index in [1.807, 2.05) is 0 Å². The Hall–Kier alpha value is -5.16. The van der Waals surface area contributed by atoms with Crippen LogP contribution in [0.5, 0.6) is 23.0 Å². The van der Waals surface area contributed by atoms with Gasteiger partial charge in [0.15, 0.2) is 11.5 Å². The number of hydrogen-bond donors (Lipinski definition) is 2. The first kappa shape index (κ1) is 29.8. The number of benzene rings is 4. The molecule has 0 saturated heterocycles. The molecule has 0 bridgehead atoms. The van der Waals surface area contributed by atoms with Gasteiger partial charge in [0.1, 0.15) is 5.75 Å². The normalized spacial score (nSPS) is 10.6. The van der Waals surface area contributed by atoms with E-state index in [4.69, 9.17) is 18.9 Å². The third-order valence-electron chi connectivity index (χ3n) is 5.90. The average Bonchev–Trinajstić information content (AvgIpc) is 3.01. The van der Waals surface area contributed by atoms with Gasteiger partial charge in [-0.1, -0.05) is 28.1 Å². The van der Waals surface area contributed by atoms with E-state index in [1.165, 1.54) is 39.7 Å². The molecule has 0 unspecified atom stereocenters. The van der Waals surface area contributed by atoms with Gasteiger partial charge in [0, 0.05) is 26.9 Å². The Morgan fingerprint density at radius 1 is 0.714 bits per heavy atom. The molecule has 2 N–H and O–H groups in total. The number of para-hydroxylation sites is 1. The summed E-state index contributed by atoms with van der Waals surface area (Å²) in [6.45, 7) is 0. The van der Waals surface area contributed by atoms with Gasteiger partial charge in [-0.3, -0.25) is 9.59 Å². The van der Waals surface area contributed by atoms with Crippen molar-refractivity contribution in [2.45, 2.75) is 0 Å². The monoisotopic (exact) mass is 631 g/mol. The molecule has 0 heterocycles. The molecule has 10 nitrogen and oxygen atoms in total. The number of hydrazone groups is 1. The van der Waals surface area contributed by atoms with Crippen LogP contribution in [0.4, 0.5) is 5.69 Å². The molecule has 4 aromatic rings. The summed E-state index contributed by atoms with van der Waals surface area (Å²) < 4.78 is 22.3. The van der Waals surface area contributed by atoms with Gasteiger partial charge in [-0.15, -0.1) is 0 Å². The van der Waals surface area contributed by atoms with E-state index >= 15 is 0 Å². The van der Waals surface area contributed by atoms with E-state index in [9.17, 15) is 14.4 Å². The highest BCUT2D eigenvalue weighted by Gasteiger charge is 2.17. The molecular weight excluding hydrogens is 606 g/mol. The van der Waals surface area contributed by atoms with Crippen molar-refractivity contribution in [2.24, 2.45) is 5.10 Å². The molecule has 0 radical (unpaired) electrons. The molecule has 0 aromatic heterocycles. The van der Waals surface area contributed by atoms with Gasteiger partial charge in [0.25, 0.3) is 11.8 Å². The number of amides is 2. The number of anilines is 1. The third kappa shape index (κ3) is 7.32. The zero-order valence-corrected chi connectivity index (χ0v) is 24.4. The van der Waals surface area contributed by atoms with Gasteiger partial charge in [-0.25, -0.2) is 10.2 Å². The Morgan fingerprint density at radius 3 is 1.95 bits per heavy atom. The molecule has 0 aliphatic rings. The van der Waals surface area contributed by atoms with E-state index in [1.54, 1.807) is 72.8 Å². The summed E-state index contributed by atoms with van der Waals surface area (Å²) >= 11 is 3.33. The third-order valence-corrected chi connectivity index (χ3v) is 6.43. The number of methoxy groups -OCH3 is 3. The second-order valence-corrected chi connectivity index (χ2v) is 9.49. The fraction of sp³-hybridized carbons (Fsp3) is 0.0968. The van der Waals surface area contributed by atoms with Gasteiger partial charge in [0.2, 0.25) is 5.75 Å². The van der Waals surface area contributed by atoms with Crippen LogP contribution in [0.25, 0.3) is 0 Å². The van der Waals surface area contributed by atoms with Crippen LogP contribution < -0.4 is 29.7 Å². The molecule has 0 aliphatic heterocycles. The molecule has 42 heavy (non-hydrogen) atoms. The molecule has 214 valence electrons. The predicted molar refractivity (Wildman–Crippen MR) is 161 cm³/mol. The maximum Gasteiger partial charge on any atom is 0.343 e. The zero-order valence-electron chi connectivity index (χ0n) is 22.8. The van der Waals surface area contributed by atoms with E-state index in [-0.39, 0.29) is 5.75 Å². The lowest BCUT2D eigenvalue weighted by molar-refractivity contribution is 0.0734. The van der Waals surface area contributed by atoms with E-state index in [0.29, 0.717) is 45.2 Å². The first-order valence-electron chi connectivity index (χ1n) is 12.4. The van der Waals surface area contributed by atoms with Crippen LogP contribution >= 0.6 is 15.9 Å². The Kier molecular flexibility index (Phi) is 9.90. The molecule has 0 aliphatic carbocycles. The van der Waals surface area contributed by atoms with Crippen molar-refractivity contribution in [3.8, 4) is 23.0 Å². The lowest BCUT2D eigenvalue weighted by Gasteiger charge is -2.14. The number of ether oxygens (including phenoxy) is 4. The summed E-state index contributed by atoms with van der Waals surface area (Å²) in [6.07, 6.45) is 1.38. The number of nitrogens with zero attached hydrogens (tertiary/aromatic N) is 1.